The van der Waals surface area contributed by atoms with Gasteiger partial charge in [-0.15, -0.1) is 0 Å². The first-order chi connectivity index (χ1) is 6.72. The highest BCUT2D eigenvalue weighted by Gasteiger charge is 2.34. The van der Waals surface area contributed by atoms with Gasteiger partial charge in [-0.25, -0.2) is 4.57 Å². The van der Waals surface area contributed by atoms with E-state index in [9.17, 15) is 0 Å². The first kappa shape index (κ1) is 12.4. The molecule has 0 aromatic carbocycles. The molecule has 0 saturated carbocycles. The van der Waals surface area contributed by atoms with Crippen LogP contribution in [-0.2, 0) is 13.1 Å². The molecule has 0 aliphatic carbocycles. The number of nitrogens with zero attached hydrogens (tertiary/aromatic N) is 1. The second-order valence-corrected chi connectivity index (χ2v) is 11.8. The third-order valence-corrected chi connectivity index (χ3v) is 9.08. The van der Waals surface area contributed by atoms with Crippen LogP contribution in [0.5, 0.6) is 0 Å². The van der Waals surface area contributed by atoms with Gasteiger partial charge >= 0.3 is 0 Å². The van der Waals surface area contributed by atoms with Crippen LogP contribution in [0.3, 0.4) is 0 Å². The molecule has 0 bridgehead atoms. The molecule has 1 rings (SSSR count). The molecule has 1 nitrogen and oxygen atoms in total. The largest absolute Gasteiger partial charge is 0.208 e. The number of aryl methyl sites for hydroxylation is 1. The Morgan fingerprint density at radius 3 is 2.00 bits per heavy atom. The fourth-order valence-corrected chi connectivity index (χ4v) is 3.21. The van der Waals surface area contributed by atoms with Gasteiger partial charge < -0.3 is 0 Å². The van der Waals surface area contributed by atoms with E-state index < -0.39 is 8.07 Å². The highest BCUT2D eigenvalue weighted by atomic mass is 28.3. The van der Waals surface area contributed by atoms with Gasteiger partial charge in [0.25, 0.3) is 0 Å². The number of pyridine rings is 1. The molecular formula is C13H24NSi+. The Labute approximate surface area is 95.2 Å². The van der Waals surface area contributed by atoms with Crippen molar-refractivity contribution in [1.29, 1.82) is 0 Å². The number of hydrogen-bond donors (Lipinski definition) is 0. The highest BCUT2D eigenvalue weighted by molar-refractivity contribution is 6.79. The fraction of sp³-hybridized carbons (Fsp3) is 0.615. The van der Waals surface area contributed by atoms with Crippen LogP contribution in [0.2, 0.25) is 18.1 Å². The van der Waals surface area contributed by atoms with Crippen LogP contribution < -0.4 is 4.57 Å². The smallest absolute Gasteiger partial charge is 0.168 e. The maximum absolute atomic E-state index is 2.49. The molecule has 0 aliphatic rings. The van der Waals surface area contributed by atoms with Gasteiger partial charge in [0.15, 0.2) is 12.4 Å². The summed E-state index contributed by atoms with van der Waals surface area (Å²) in [5.74, 6) is 0. The zero-order chi connectivity index (χ0) is 11.7. The van der Waals surface area contributed by atoms with E-state index in [1.165, 1.54) is 11.6 Å². The van der Waals surface area contributed by atoms with Crippen LogP contribution >= 0.6 is 0 Å². The summed E-state index contributed by atoms with van der Waals surface area (Å²) in [6.45, 7) is 12.1. The quantitative estimate of drug-likeness (QED) is 0.535. The lowest BCUT2D eigenvalue weighted by atomic mass is 10.2. The van der Waals surface area contributed by atoms with Gasteiger partial charge in [-0.3, -0.25) is 0 Å². The summed E-state index contributed by atoms with van der Waals surface area (Å²) in [5, 5.41) is 0.477. The maximum Gasteiger partial charge on any atom is 0.168 e. The fourth-order valence-electron chi connectivity index (χ4n) is 1.43. The van der Waals surface area contributed by atoms with E-state index in [4.69, 9.17) is 0 Å². The lowest BCUT2D eigenvalue weighted by Crippen LogP contribution is -2.40. The summed E-state index contributed by atoms with van der Waals surface area (Å²) in [6.07, 6.45) is 4.28. The number of hydrogen-bond acceptors (Lipinski definition) is 0. The van der Waals surface area contributed by atoms with Gasteiger partial charge in [0.05, 0.1) is 8.07 Å². The van der Waals surface area contributed by atoms with Crippen molar-refractivity contribution in [1.82, 2.24) is 0 Å². The number of aromatic nitrogens is 1. The van der Waals surface area contributed by atoms with Crippen molar-refractivity contribution >= 4 is 8.07 Å². The van der Waals surface area contributed by atoms with Crippen molar-refractivity contribution in [3.8, 4) is 0 Å². The Kier molecular flexibility index (Phi) is 3.39. The van der Waals surface area contributed by atoms with Crippen molar-refractivity contribution < 1.29 is 4.57 Å². The SMILES string of the molecule is C[n+]1ccc(C[Si](C)(C)C(C)(C)C)cc1. The van der Waals surface area contributed by atoms with E-state index in [2.05, 4.69) is 70.0 Å². The molecule has 0 amide bonds. The zero-order valence-electron chi connectivity index (χ0n) is 11.0. The van der Waals surface area contributed by atoms with Gasteiger partial charge in [0, 0.05) is 12.1 Å². The Morgan fingerprint density at radius 2 is 1.60 bits per heavy atom. The maximum atomic E-state index is 2.49. The van der Waals surface area contributed by atoms with Crippen LogP contribution in [0.1, 0.15) is 26.3 Å². The second-order valence-electron chi connectivity index (χ2n) is 6.18. The van der Waals surface area contributed by atoms with Gasteiger partial charge in [-0.1, -0.05) is 33.9 Å². The Morgan fingerprint density at radius 1 is 1.13 bits per heavy atom. The molecule has 15 heavy (non-hydrogen) atoms. The molecule has 0 spiro atoms. The first-order valence-corrected chi connectivity index (χ1v) is 8.87. The highest BCUT2D eigenvalue weighted by Crippen LogP contribution is 2.37. The standard InChI is InChI=1S/C13H24NSi/c1-13(2,3)15(5,6)11-12-7-9-14(4)10-8-12/h7-10H,11H2,1-6H3/q+1. The zero-order valence-corrected chi connectivity index (χ0v) is 12.0. The minimum Gasteiger partial charge on any atom is -0.208 e. The van der Waals surface area contributed by atoms with Gasteiger partial charge in [-0.05, 0) is 16.6 Å². The van der Waals surface area contributed by atoms with Gasteiger partial charge in [0.2, 0.25) is 0 Å². The van der Waals surface area contributed by atoms with Crippen LogP contribution in [0.4, 0.5) is 0 Å². The van der Waals surface area contributed by atoms with Crippen LogP contribution in [0.15, 0.2) is 24.5 Å². The van der Waals surface area contributed by atoms with E-state index in [0.717, 1.165) is 0 Å². The average Bonchev–Trinajstić information content (AvgIpc) is 2.06. The minimum absolute atomic E-state index is 0.477. The average molecular weight is 222 g/mol. The molecule has 0 N–H and O–H groups in total. The van der Waals surface area contributed by atoms with Gasteiger partial charge in [0.1, 0.15) is 7.05 Å². The Balaban J connectivity index is 2.82. The van der Waals surface area contributed by atoms with E-state index in [0.29, 0.717) is 5.04 Å². The van der Waals surface area contributed by atoms with Crippen molar-refractivity contribution in [3.05, 3.63) is 30.1 Å². The van der Waals surface area contributed by atoms with E-state index in [-0.39, 0.29) is 0 Å². The molecule has 2 heteroatoms. The van der Waals surface area contributed by atoms with Crippen molar-refractivity contribution in [2.24, 2.45) is 7.05 Å². The number of rotatable bonds is 2. The molecule has 0 aliphatic heterocycles. The molecular weight excluding hydrogens is 198 g/mol. The molecule has 1 heterocycles. The van der Waals surface area contributed by atoms with Crippen molar-refractivity contribution in [2.75, 3.05) is 0 Å². The van der Waals surface area contributed by atoms with E-state index in [1.807, 2.05) is 0 Å². The van der Waals surface area contributed by atoms with Crippen LogP contribution in [0.25, 0.3) is 0 Å². The normalized spacial score (nSPS) is 12.9. The third kappa shape index (κ3) is 3.16. The summed E-state index contributed by atoms with van der Waals surface area (Å²) >= 11 is 0. The topological polar surface area (TPSA) is 3.88 Å². The molecule has 1 aromatic rings. The molecule has 0 unspecified atom stereocenters. The molecule has 1 aromatic heterocycles. The molecule has 0 saturated heterocycles. The second kappa shape index (κ2) is 4.09. The molecule has 0 radical (unpaired) electrons. The molecule has 0 fully saturated rings. The van der Waals surface area contributed by atoms with Crippen LogP contribution in [0, 0.1) is 0 Å². The molecule has 0 atom stereocenters. The summed E-state index contributed by atoms with van der Waals surface area (Å²) in [6, 6.07) is 5.78. The van der Waals surface area contributed by atoms with Gasteiger partial charge in [-0.2, -0.15) is 0 Å². The van der Waals surface area contributed by atoms with Crippen molar-refractivity contribution in [2.45, 2.75) is 44.9 Å². The lowest BCUT2D eigenvalue weighted by Gasteiger charge is -2.37. The van der Waals surface area contributed by atoms with Crippen molar-refractivity contribution in [3.63, 3.8) is 0 Å². The monoisotopic (exact) mass is 222 g/mol. The Hall–Kier alpha value is -0.633. The molecule has 84 valence electrons. The summed E-state index contributed by atoms with van der Waals surface area (Å²) in [5.41, 5.74) is 1.49. The first-order valence-electron chi connectivity index (χ1n) is 5.66. The predicted molar refractivity (Wildman–Crippen MR) is 68.5 cm³/mol. The predicted octanol–water partition coefficient (Wildman–Crippen LogP) is 3.10. The lowest BCUT2D eigenvalue weighted by molar-refractivity contribution is -0.671. The summed E-state index contributed by atoms with van der Waals surface area (Å²) < 4.78 is 2.09. The third-order valence-electron chi connectivity index (χ3n) is 3.72. The van der Waals surface area contributed by atoms with Crippen LogP contribution in [-0.4, -0.2) is 8.07 Å². The summed E-state index contributed by atoms with van der Waals surface area (Å²) in [4.78, 5) is 0. The minimum atomic E-state index is -1.17. The van der Waals surface area contributed by atoms with E-state index >= 15 is 0 Å². The Bertz CT molecular complexity index is 319. The summed E-state index contributed by atoms with van der Waals surface area (Å²) in [7, 11) is 0.893. The van der Waals surface area contributed by atoms with E-state index in [1.54, 1.807) is 0 Å².